The van der Waals surface area contributed by atoms with Crippen LogP contribution in [0.3, 0.4) is 0 Å². The molecule has 0 saturated carbocycles. The van der Waals surface area contributed by atoms with Gasteiger partial charge in [-0.2, -0.15) is 0 Å². The third-order valence-electron chi connectivity index (χ3n) is 5.90. The Morgan fingerprint density at radius 1 is 1.03 bits per heavy atom. The Bertz CT molecular complexity index is 1550. The van der Waals surface area contributed by atoms with E-state index >= 15 is 0 Å². The molecule has 9 nitrogen and oxygen atoms in total. The number of benzene rings is 2. The molecule has 0 saturated heterocycles. The largest absolute Gasteiger partial charge is 0.467 e. The van der Waals surface area contributed by atoms with Crippen molar-refractivity contribution in [1.82, 2.24) is 15.6 Å². The summed E-state index contributed by atoms with van der Waals surface area (Å²) in [5.41, 5.74) is 2.54. The lowest BCUT2D eigenvalue weighted by atomic mass is 10.0. The van der Waals surface area contributed by atoms with Crippen LogP contribution in [0.1, 0.15) is 29.1 Å². The van der Waals surface area contributed by atoms with E-state index in [2.05, 4.69) is 26.6 Å². The van der Waals surface area contributed by atoms with E-state index in [0.717, 1.165) is 10.0 Å². The van der Waals surface area contributed by atoms with Crippen LogP contribution < -0.4 is 10.6 Å². The summed E-state index contributed by atoms with van der Waals surface area (Å²) in [7, 11) is 0. The number of ether oxygens (including phenoxy) is 2. The maximum atomic E-state index is 13.4. The summed E-state index contributed by atoms with van der Waals surface area (Å²) < 4.78 is 17.2. The van der Waals surface area contributed by atoms with Crippen molar-refractivity contribution in [3.05, 3.63) is 100 Å². The number of aromatic nitrogens is 1. The van der Waals surface area contributed by atoms with E-state index in [0.29, 0.717) is 27.9 Å². The van der Waals surface area contributed by atoms with Gasteiger partial charge in [-0.3, -0.25) is 0 Å². The zero-order valence-electron chi connectivity index (χ0n) is 20.2. The Hall–Kier alpha value is -4.44. The summed E-state index contributed by atoms with van der Waals surface area (Å²) in [4.78, 5) is 43.4. The van der Waals surface area contributed by atoms with Crippen LogP contribution in [-0.4, -0.2) is 36.2 Å². The molecule has 1 aliphatic heterocycles. The number of pyridine rings is 1. The number of carbonyl (C=O) groups excluding carboxylic acids is 3. The number of hydrogen-bond acceptors (Lipinski definition) is 7. The lowest BCUT2D eigenvalue weighted by Crippen LogP contribution is -2.47. The van der Waals surface area contributed by atoms with Crippen molar-refractivity contribution in [2.45, 2.75) is 13.0 Å². The van der Waals surface area contributed by atoms with Crippen LogP contribution in [0.5, 0.6) is 0 Å². The summed E-state index contributed by atoms with van der Waals surface area (Å²) in [6.07, 6.45) is 1.43. The summed E-state index contributed by atoms with van der Waals surface area (Å²) in [5, 5.41) is 5.85. The first kappa shape index (κ1) is 25.2. The van der Waals surface area contributed by atoms with Crippen molar-refractivity contribution in [3.63, 3.8) is 0 Å². The van der Waals surface area contributed by atoms with E-state index in [1.807, 2.05) is 42.5 Å². The molecule has 5 rings (SSSR count). The van der Waals surface area contributed by atoms with E-state index in [1.165, 1.54) is 6.26 Å². The first-order chi connectivity index (χ1) is 18.4. The maximum Gasteiger partial charge on any atom is 0.339 e. The Labute approximate surface area is 226 Å². The van der Waals surface area contributed by atoms with Crippen LogP contribution in [0, 0.1) is 0 Å². The highest BCUT2D eigenvalue weighted by atomic mass is 79.9. The highest BCUT2D eigenvalue weighted by molar-refractivity contribution is 9.10. The first-order valence-corrected chi connectivity index (χ1v) is 12.6. The molecule has 2 amide bonds. The molecule has 0 spiro atoms. The Balaban J connectivity index is 1.49. The van der Waals surface area contributed by atoms with Crippen molar-refractivity contribution in [2.75, 3.05) is 13.2 Å². The Morgan fingerprint density at radius 2 is 1.82 bits per heavy atom. The number of esters is 2. The molecule has 0 fully saturated rings. The van der Waals surface area contributed by atoms with Gasteiger partial charge in [0, 0.05) is 15.4 Å². The van der Waals surface area contributed by atoms with Crippen LogP contribution >= 0.6 is 15.9 Å². The number of rotatable bonds is 7. The molecule has 1 atom stereocenters. The summed E-state index contributed by atoms with van der Waals surface area (Å²) in [6.45, 7) is 1.42. The number of hydrogen-bond donors (Lipinski definition) is 2. The topological polar surface area (TPSA) is 120 Å². The molecular formula is C28H22BrN3O6. The van der Waals surface area contributed by atoms with Crippen LogP contribution in [0.25, 0.3) is 22.2 Å². The van der Waals surface area contributed by atoms with Gasteiger partial charge in [0.2, 0.25) is 0 Å². The van der Waals surface area contributed by atoms with E-state index < -0.39 is 24.0 Å². The number of furan rings is 1. The molecule has 2 aromatic heterocycles. The number of nitrogens with zero attached hydrogens (tertiary/aromatic N) is 1. The molecule has 3 heterocycles. The highest BCUT2D eigenvalue weighted by Crippen LogP contribution is 2.30. The van der Waals surface area contributed by atoms with Crippen LogP contribution in [-0.2, 0) is 14.3 Å². The zero-order valence-corrected chi connectivity index (χ0v) is 21.8. The zero-order chi connectivity index (χ0) is 26.6. The number of urea groups is 1. The summed E-state index contributed by atoms with van der Waals surface area (Å²) in [6, 6.07) is 18.3. The van der Waals surface area contributed by atoms with Gasteiger partial charge in [-0.25, -0.2) is 19.4 Å². The molecule has 38 heavy (non-hydrogen) atoms. The van der Waals surface area contributed by atoms with Gasteiger partial charge in [0.1, 0.15) is 18.4 Å². The average Bonchev–Trinajstić information content (AvgIpc) is 3.46. The van der Waals surface area contributed by atoms with Gasteiger partial charge in [-0.1, -0.05) is 46.3 Å². The molecule has 2 aromatic carbocycles. The first-order valence-electron chi connectivity index (χ1n) is 11.8. The maximum absolute atomic E-state index is 13.4. The molecule has 1 aliphatic rings. The SMILES string of the molecule is CCOC(=O)C1=C(COC(=O)c2cc(-c3ccc(Br)cc3)nc3ccccc23)NC(=O)N[C@H]1c1ccco1. The quantitative estimate of drug-likeness (QED) is 0.287. The third kappa shape index (κ3) is 5.16. The van der Waals surface area contributed by atoms with Gasteiger partial charge in [-0.05, 0) is 43.3 Å². The molecule has 2 N–H and O–H groups in total. The monoisotopic (exact) mass is 575 g/mol. The normalized spacial score (nSPS) is 15.1. The predicted molar refractivity (Wildman–Crippen MR) is 142 cm³/mol. The van der Waals surface area contributed by atoms with Crippen molar-refractivity contribution < 1.29 is 28.3 Å². The minimum absolute atomic E-state index is 0.0873. The number of carbonyl (C=O) groups is 3. The minimum atomic E-state index is -0.905. The van der Waals surface area contributed by atoms with E-state index in [-0.39, 0.29) is 24.5 Å². The number of amides is 2. The van der Waals surface area contributed by atoms with Crippen molar-refractivity contribution in [3.8, 4) is 11.3 Å². The van der Waals surface area contributed by atoms with Gasteiger partial charge in [0.25, 0.3) is 0 Å². The summed E-state index contributed by atoms with van der Waals surface area (Å²) >= 11 is 3.43. The fourth-order valence-corrected chi connectivity index (χ4v) is 4.44. The fourth-order valence-electron chi connectivity index (χ4n) is 4.18. The minimum Gasteiger partial charge on any atom is -0.467 e. The van der Waals surface area contributed by atoms with E-state index in [4.69, 9.17) is 18.9 Å². The van der Waals surface area contributed by atoms with Crippen LogP contribution in [0.4, 0.5) is 4.79 Å². The molecule has 192 valence electrons. The smallest absolute Gasteiger partial charge is 0.339 e. The lowest BCUT2D eigenvalue weighted by molar-refractivity contribution is -0.139. The van der Waals surface area contributed by atoms with Gasteiger partial charge in [-0.15, -0.1) is 0 Å². The van der Waals surface area contributed by atoms with Crippen LogP contribution in [0.2, 0.25) is 0 Å². The van der Waals surface area contributed by atoms with Gasteiger partial charge in [0.05, 0.1) is 40.9 Å². The fraction of sp³-hybridized carbons (Fsp3) is 0.143. The van der Waals surface area contributed by atoms with E-state index in [1.54, 1.807) is 31.2 Å². The number of halogens is 1. The lowest BCUT2D eigenvalue weighted by Gasteiger charge is -2.27. The third-order valence-corrected chi connectivity index (χ3v) is 6.43. The molecule has 0 aliphatic carbocycles. The van der Waals surface area contributed by atoms with Gasteiger partial charge in [0.15, 0.2) is 0 Å². The summed E-state index contributed by atoms with van der Waals surface area (Å²) in [5.74, 6) is -0.967. The standard InChI is InChI=1S/C28H22BrN3O6/c1-2-36-27(34)24-22(31-28(35)32-25(24)23-8-5-13-37-23)15-38-26(33)19-14-21(16-9-11-17(29)12-10-16)30-20-7-4-3-6-18(19)20/h3-14,25H,2,15H2,1H3,(H2,31,32,35)/t25-/m0/s1. The average molecular weight is 576 g/mol. The number of para-hydroxylation sites is 1. The Kier molecular flexibility index (Phi) is 7.23. The number of fused-ring (bicyclic) bond motifs is 1. The Morgan fingerprint density at radius 3 is 2.55 bits per heavy atom. The molecule has 10 heteroatoms. The van der Waals surface area contributed by atoms with E-state index in [9.17, 15) is 14.4 Å². The van der Waals surface area contributed by atoms with Gasteiger partial charge >= 0.3 is 18.0 Å². The van der Waals surface area contributed by atoms with Crippen molar-refractivity contribution in [1.29, 1.82) is 0 Å². The van der Waals surface area contributed by atoms with Crippen molar-refractivity contribution >= 4 is 44.8 Å². The predicted octanol–water partition coefficient (Wildman–Crippen LogP) is 5.29. The molecule has 4 aromatic rings. The molecule has 0 unspecified atom stereocenters. The number of nitrogens with one attached hydrogen (secondary N) is 2. The van der Waals surface area contributed by atoms with Crippen LogP contribution in [0.15, 0.2) is 93.2 Å². The van der Waals surface area contributed by atoms with Crippen molar-refractivity contribution in [2.24, 2.45) is 0 Å². The molecular weight excluding hydrogens is 554 g/mol. The highest BCUT2D eigenvalue weighted by Gasteiger charge is 2.36. The second kappa shape index (κ2) is 10.9. The molecule has 0 radical (unpaired) electrons. The second-order valence-corrected chi connectivity index (χ2v) is 9.23. The second-order valence-electron chi connectivity index (χ2n) is 8.31. The van der Waals surface area contributed by atoms with Gasteiger partial charge < -0.3 is 24.5 Å². The molecule has 0 bridgehead atoms.